The fourth-order valence-corrected chi connectivity index (χ4v) is 6.38. The molecule has 0 atom stereocenters. The van der Waals surface area contributed by atoms with Crippen LogP contribution in [0.3, 0.4) is 0 Å². The third kappa shape index (κ3) is 6.93. The van der Waals surface area contributed by atoms with Crippen molar-refractivity contribution in [2.75, 3.05) is 0 Å². The topological polar surface area (TPSA) is 38.9 Å². The van der Waals surface area contributed by atoms with Crippen molar-refractivity contribution in [2.45, 2.75) is 33.6 Å². The maximum atomic E-state index is 13.6. The van der Waals surface area contributed by atoms with Gasteiger partial charge in [0.2, 0.25) is 0 Å². The molecule has 0 unspecified atom stereocenters. The van der Waals surface area contributed by atoms with E-state index >= 15 is 0 Å². The summed E-state index contributed by atoms with van der Waals surface area (Å²) in [7, 11) is 0. The van der Waals surface area contributed by atoms with E-state index in [4.69, 9.17) is 20.9 Å². The van der Waals surface area contributed by atoms with Crippen molar-refractivity contribution in [3.8, 4) is 33.6 Å². The van der Waals surface area contributed by atoms with Crippen molar-refractivity contribution in [2.24, 2.45) is 0 Å². The first kappa shape index (κ1) is 24.6. The predicted octanol–water partition coefficient (Wildman–Crippen LogP) is 13.2. The van der Waals surface area contributed by atoms with Crippen LogP contribution in [0.4, 0.5) is 13.2 Å². The summed E-state index contributed by atoms with van der Waals surface area (Å²) >= 11 is 0. The number of halogens is 3. The van der Waals surface area contributed by atoms with Gasteiger partial charge in [-0.1, -0.05) is 90.6 Å². The van der Waals surface area contributed by atoms with E-state index in [1.807, 2.05) is 54.6 Å². The van der Waals surface area contributed by atoms with Gasteiger partial charge in [0, 0.05) is 59.7 Å². The van der Waals surface area contributed by atoms with Crippen LogP contribution in [-0.2, 0) is 26.3 Å². The van der Waals surface area contributed by atoms with Crippen LogP contribution in [0.1, 0.15) is 44.3 Å². The largest absolute Gasteiger partial charge is 0.500 e. The van der Waals surface area contributed by atoms with Gasteiger partial charge in [0.1, 0.15) is 5.58 Å². The Bertz CT molecular complexity index is 3200. The third-order valence-corrected chi connectivity index (χ3v) is 8.96. The Kier molecular flexibility index (Phi) is 6.69. The Balaban J connectivity index is 0.000000260. The van der Waals surface area contributed by atoms with Gasteiger partial charge in [0.05, 0.1) is 11.1 Å². The molecule has 0 aliphatic heterocycles. The zero-order chi connectivity index (χ0) is 46.9. The number of rotatable bonds is 3. The number of aryl methyl sites for hydroxylation is 4. The second kappa shape index (κ2) is 14.7. The zero-order valence-electron chi connectivity index (χ0n) is 39.9. The molecule has 0 aliphatic carbocycles. The van der Waals surface area contributed by atoms with Gasteiger partial charge >= 0.3 is 6.18 Å². The number of alkyl halides is 3. The van der Waals surface area contributed by atoms with Gasteiger partial charge in [0.15, 0.2) is 0 Å². The number of nitrogens with zero attached hydrogens (tertiary/aromatic N) is 2. The van der Waals surface area contributed by atoms with Crippen molar-refractivity contribution < 1.29 is 54.1 Å². The van der Waals surface area contributed by atoms with Gasteiger partial charge in [-0.2, -0.15) is 13.2 Å². The maximum Gasteiger partial charge on any atom is 0.416 e. The molecule has 3 heterocycles. The van der Waals surface area contributed by atoms with Crippen LogP contribution in [0.25, 0.3) is 77.1 Å². The second-order valence-electron chi connectivity index (χ2n) is 12.3. The normalized spacial score (nSPS) is 15.7. The number of furan rings is 1. The van der Waals surface area contributed by atoms with E-state index in [1.54, 1.807) is 18.2 Å². The van der Waals surface area contributed by atoms with Crippen LogP contribution in [0.2, 0.25) is 0 Å². The first-order valence-electron chi connectivity index (χ1n) is 22.3. The molecule has 269 valence electrons. The monoisotopic (exact) mass is 903 g/mol. The Labute approximate surface area is 341 Å². The van der Waals surface area contributed by atoms with Gasteiger partial charge in [-0.25, -0.2) is 0 Å². The first-order valence-corrected chi connectivity index (χ1v) is 16.3. The third-order valence-electron chi connectivity index (χ3n) is 8.96. The summed E-state index contributed by atoms with van der Waals surface area (Å²) in [4.78, 5) is 8.49. The van der Waals surface area contributed by atoms with Crippen molar-refractivity contribution in [3.63, 3.8) is 0 Å². The molecule has 1 radical (unpaired) electrons. The quantitative estimate of drug-likeness (QED) is 0.131. The summed E-state index contributed by atoms with van der Waals surface area (Å²) in [6.07, 6.45) is -2.39. The minimum Gasteiger partial charge on any atom is -0.500 e. The molecular weight excluding hydrogens is 858 g/mol. The van der Waals surface area contributed by atoms with Crippen molar-refractivity contribution in [3.05, 3.63) is 168 Å². The molecule has 0 amide bonds. The summed E-state index contributed by atoms with van der Waals surface area (Å²) in [5.74, 6) is 0. The molecule has 0 N–H and O–H groups in total. The molecule has 0 bridgehead atoms. The van der Waals surface area contributed by atoms with E-state index in [0.29, 0.717) is 34.1 Å². The number of pyridine rings is 2. The molecule has 3 aromatic heterocycles. The molecule has 9 aromatic rings. The van der Waals surface area contributed by atoms with Gasteiger partial charge in [-0.05, 0) is 88.1 Å². The number of fused-ring (bicyclic) bond motifs is 7. The Hall–Kier alpha value is -5.62. The molecule has 0 saturated carbocycles. The molecule has 3 nitrogen and oxygen atoms in total. The van der Waals surface area contributed by atoms with Gasteiger partial charge in [0.25, 0.3) is 0 Å². The first-order chi connectivity index (χ1) is 30.4. The molecule has 7 heteroatoms. The molecule has 0 aliphatic rings. The Morgan fingerprint density at radius 1 is 0.630 bits per heavy atom. The molecule has 0 fully saturated rings. The van der Waals surface area contributed by atoms with E-state index in [9.17, 15) is 13.2 Å². The number of hydrogen-bond donors (Lipinski definition) is 0. The van der Waals surface area contributed by atoms with E-state index in [0.717, 1.165) is 50.6 Å². The second-order valence-corrected chi connectivity index (χ2v) is 12.3. The maximum absolute atomic E-state index is 13.6. The van der Waals surface area contributed by atoms with Crippen LogP contribution in [0.5, 0.6) is 0 Å². The van der Waals surface area contributed by atoms with Gasteiger partial charge < -0.3 is 14.4 Å². The summed E-state index contributed by atoms with van der Waals surface area (Å²) in [5.41, 5.74) is 0.919. The van der Waals surface area contributed by atoms with Crippen LogP contribution in [0.15, 0.2) is 132 Å². The fourth-order valence-electron chi connectivity index (χ4n) is 6.38. The molecule has 9 rings (SSSR count). The molecule has 6 aromatic carbocycles. The van der Waals surface area contributed by atoms with Gasteiger partial charge in [-0.3, -0.25) is 0 Å². The van der Waals surface area contributed by atoms with E-state index in [-0.39, 0.29) is 53.6 Å². The smallest absolute Gasteiger partial charge is 0.416 e. The average Bonchev–Trinajstić information content (AvgIpc) is 3.64. The molecule has 0 saturated heterocycles. The summed E-state index contributed by atoms with van der Waals surface area (Å²) in [5, 5.41) is 5.55. The van der Waals surface area contributed by atoms with E-state index < -0.39 is 44.7 Å². The number of aromatic nitrogens is 2. The fraction of sp³-hybridized carbons (Fsp3) is 0.106. The van der Waals surface area contributed by atoms with Crippen LogP contribution in [-0.4, -0.2) is 9.97 Å². The summed E-state index contributed by atoms with van der Waals surface area (Å²) in [6.45, 7) is -10.1. The number of benzene rings is 6. The Morgan fingerprint density at radius 3 is 2.17 bits per heavy atom. The summed E-state index contributed by atoms with van der Waals surface area (Å²) < 4.78 is 139. The minimum absolute atomic E-state index is 0. The molecular formula is C47H33F3IrN2O-2. The SMILES string of the molecule is [2H]C([2H])([2H])c1c[c-]c(-c2ccc(C([2H])([2H])[2H])cn2)cc1.[2H]C([2H])([2H])c1cnc(-c2[c-]ccc3c2oc2c3ccc3ccc4ccccc4c32)cc1-c1ccc(C(F)(F)F)cc1C([2H])([2H])[2H].[Ir]. The van der Waals surface area contributed by atoms with Crippen molar-refractivity contribution in [1.82, 2.24) is 9.97 Å². The van der Waals surface area contributed by atoms with E-state index in [1.165, 1.54) is 30.5 Å². The summed E-state index contributed by atoms with van der Waals surface area (Å²) in [6, 6.07) is 36.8. The Morgan fingerprint density at radius 2 is 1.41 bits per heavy atom. The van der Waals surface area contributed by atoms with Gasteiger partial charge in [-0.15, -0.1) is 53.6 Å². The van der Waals surface area contributed by atoms with Crippen molar-refractivity contribution in [1.29, 1.82) is 0 Å². The number of hydrogen-bond acceptors (Lipinski definition) is 3. The zero-order valence-corrected chi connectivity index (χ0v) is 30.3. The minimum atomic E-state index is -4.80. The molecule has 0 spiro atoms. The van der Waals surface area contributed by atoms with Crippen molar-refractivity contribution >= 4 is 43.5 Å². The predicted molar refractivity (Wildman–Crippen MR) is 209 cm³/mol. The molecule has 54 heavy (non-hydrogen) atoms. The van der Waals surface area contributed by atoms with Crippen LogP contribution in [0, 0.1) is 39.5 Å². The average molecular weight is 903 g/mol. The standard InChI is InChI=1S/C34H21F3NO.C13H12N.Ir/c1-19-16-23(34(35,36)37)13-15-24(19)29-17-30(38-18-20(29)2)28-9-5-8-26-27-14-12-22-11-10-21-6-3-4-7-25(21)31(22)33(27)39-32(26)28;1-10-3-6-12(7-4-10)13-8-5-11(2)9-14-13;/h3-8,10-18H,1-2H3;3-6,8-9H,1-2H3;/q2*-1;/i2*1D3,2D3;. The van der Waals surface area contributed by atoms with Crippen LogP contribution < -0.4 is 0 Å². The van der Waals surface area contributed by atoms with E-state index in [2.05, 4.69) is 22.1 Å². The van der Waals surface area contributed by atoms with Crippen LogP contribution >= 0.6 is 0 Å².